The third-order valence-electron chi connectivity index (χ3n) is 5.51. The molecule has 0 radical (unpaired) electrons. The maximum Gasteiger partial charge on any atom is 0.225 e. The molecule has 0 unspecified atom stereocenters. The molecule has 2 saturated heterocycles. The zero-order valence-corrected chi connectivity index (χ0v) is 16.5. The van der Waals surface area contributed by atoms with Gasteiger partial charge in [-0.2, -0.15) is 0 Å². The fourth-order valence-corrected chi connectivity index (χ4v) is 4.66. The second-order valence-electron chi connectivity index (χ2n) is 7.45. The molecule has 2 heterocycles. The lowest BCUT2D eigenvalue weighted by molar-refractivity contribution is -0.138. The van der Waals surface area contributed by atoms with Gasteiger partial charge in [-0.25, -0.2) is 17.1 Å². The number of nitrogens with zero attached hydrogens (tertiary/aromatic N) is 2. The highest BCUT2D eigenvalue weighted by molar-refractivity contribution is 7.88. The number of amides is 1. The predicted molar refractivity (Wildman–Crippen MR) is 100 cm³/mol. The van der Waals surface area contributed by atoms with Gasteiger partial charge in [-0.1, -0.05) is 12.1 Å². The first-order valence-corrected chi connectivity index (χ1v) is 11.3. The van der Waals surface area contributed by atoms with E-state index >= 15 is 0 Å². The second-order valence-corrected chi connectivity index (χ2v) is 9.43. The third kappa shape index (κ3) is 5.19. The summed E-state index contributed by atoms with van der Waals surface area (Å²) in [4.78, 5) is 14.6. The number of sulfonamides is 1. The number of rotatable bonds is 5. The van der Waals surface area contributed by atoms with Crippen LogP contribution in [0.5, 0.6) is 5.75 Å². The van der Waals surface area contributed by atoms with E-state index in [2.05, 4.69) is 0 Å². The van der Waals surface area contributed by atoms with E-state index in [1.165, 1.54) is 16.6 Å². The average molecular weight is 399 g/mol. The van der Waals surface area contributed by atoms with Gasteiger partial charge in [0.25, 0.3) is 0 Å². The molecule has 1 aromatic rings. The van der Waals surface area contributed by atoms with Crippen molar-refractivity contribution >= 4 is 15.9 Å². The van der Waals surface area contributed by atoms with Gasteiger partial charge in [-0.05, 0) is 43.7 Å². The number of benzene rings is 1. The monoisotopic (exact) mass is 398 g/mol. The Hall–Kier alpha value is -1.67. The van der Waals surface area contributed by atoms with Crippen molar-refractivity contribution in [2.75, 3.05) is 39.0 Å². The molecule has 2 aliphatic rings. The number of halogens is 1. The first-order valence-electron chi connectivity index (χ1n) is 9.46. The van der Waals surface area contributed by atoms with Crippen molar-refractivity contribution in [3.63, 3.8) is 0 Å². The third-order valence-corrected chi connectivity index (χ3v) is 6.81. The minimum absolute atomic E-state index is 0.0887. The van der Waals surface area contributed by atoms with Crippen LogP contribution in [0.3, 0.4) is 0 Å². The standard InChI is InChI=1S/C19H27FN2O4S/c1-27(24,25)22-12-8-16(9-13-22)19(23)21-10-6-15(7-11-21)14-26-18-5-3-2-4-17(18)20/h2-5,15-16H,6-14H2,1H3. The fourth-order valence-electron chi connectivity index (χ4n) is 3.78. The molecule has 0 bridgehead atoms. The Balaban J connectivity index is 1.42. The van der Waals surface area contributed by atoms with E-state index in [4.69, 9.17) is 4.74 Å². The van der Waals surface area contributed by atoms with Crippen LogP contribution in [-0.2, 0) is 14.8 Å². The Morgan fingerprint density at radius 3 is 2.33 bits per heavy atom. The number of para-hydroxylation sites is 1. The van der Waals surface area contributed by atoms with Crippen molar-refractivity contribution in [2.24, 2.45) is 11.8 Å². The first kappa shape index (κ1) is 20.1. The summed E-state index contributed by atoms with van der Waals surface area (Å²) in [7, 11) is -3.17. The molecule has 0 saturated carbocycles. The van der Waals surface area contributed by atoms with E-state index < -0.39 is 10.0 Å². The SMILES string of the molecule is CS(=O)(=O)N1CCC(C(=O)N2CCC(COc3ccccc3F)CC2)CC1. The molecule has 8 heteroatoms. The molecule has 1 aromatic carbocycles. The van der Waals surface area contributed by atoms with Crippen LogP contribution in [0.2, 0.25) is 0 Å². The molecule has 27 heavy (non-hydrogen) atoms. The van der Waals surface area contributed by atoms with Crippen LogP contribution in [-0.4, -0.2) is 62.6 Å². The normalized spacial score (nSPS) is 20.6. The van der Waals surface area contributed by atoms with Crippen molar-refractivity contribution < 1.29 is 22.3 Å². The Bertz CT molecular complexity index is 755. The average Bonchev–Trinajstić information content (AvgIpc) is 2.67. The maximum atomic E-state index is 13.6. The van der Waals surface area contributed by atoms with Crippen LogP contribution < -0.4 is 4.74 Å². The molecule has 2 fully saturated rings. The Labute approximate surface area is 160 Å². The summed E-state index contributed by atoms with van der Waals surface area (Å²) in [6, 6.07) is 6.38. The fraction of sp³-hybridized carbons (Fsp3) is 0.632. The molecule has 3 rings (SSSR count). The lowest BCUT2D eigenvalue weighted by Crippen LogP contribution is -2.46. The van der Waals surface area contributed by atoms with Crippen molar-refractivity contribution in [3.8, 4) is 5.75 Å². The van der Waals surface area contributed by atoms with Gasteiger partial charge in [-0.15, -0.1) is 0 Å². The lowest BCUT2D eigenvalue weighted by Gasteiger charge is -2.36. The molecule has 2 aliphatic heterocycles. The van der Waals surface area contributed by atoms with E-state index in [1.807, 2.05) is 4.90 Å². The number of hydrogen-bond acceptors (Lipinski definition) is 4. The van der Waals surface area contributed by atoms with E-state index in [-0.39, 0.29) is 23.4 Å². The van der Waals surface area contributed by atoms with Crippen LogP contribution in [0.4, 0.5) is 4.39 Å². The predicted octanol–water partition coefficient (Wildman–Crippen LogP) is 2.11. The molecular formula is C19H27FN2O4S. The quantitative estimate of drug-likeness (QED) is 0.762. The minimum Gasteiger partial charge on any atom is -0.490 e. The summed E-state index contributed by atoms with van der Waals surface area (Å²) in [5.41, 5.74) is 0. The van der Waals surface area contributed by atoms with Crippen LogP contribution in [0.25, 0.3) is 0 Å². The summed E-state index contributed by atoms with van der Waals surface area (Å²) in [5.74, 6) is 0.269. The molecule has 0 atom stereocenters. The zero-order valence-electron chi connectivity index (χ0n) is 15.6. The van der Waals surface area contributed by atoms with Crippen molar-refractivity contribution in [1.82, 2.24) is 9.21 Å². The van der Waals surface area contributed by atoms with E-state index in [9.17, 15) is 17.6 Å². The molecule has 0 N–H and O–H groups in total. The molecule has 0 aromatic heterocycles. The van der Waals surface area contributed by atoms with Crippen molar-refractivity contribution in [1.29, 1.82) is 0 Å². The van der Waals surface area contributed by atoms with Gasteiger partial charge in [0.2, 0.25) is 15.9 Å². The Kier molecular flexibility index (Phi) is 6.37. The lowest BCUT2D eigenvalue weighted by atomic mass is 9.93. The Morgan fingerprint density at radius 2 is 1.74 bits per heavy atom. The van der Waals surface area contributed by atoms with Gasteiger partial charge in [0.15, 0.2) is 11.6 Å². The summed E-state index contributed by atoms with van der Waals surface area (Å²) < 4.78 is 43.8. The molecular weight excluding hydrogens is 371 g/mol. The van der Waals surface area contributed by atoms with Gasteiger partial charge < -0.3 is 9.64 Å². The van der Waals surface area contributed by atoms with Crippen LogP contribution in [0.15, 0.2) is 24.3 Å². The molecule has 6 nitrogen and oxygen atoms in total. The van der Waals surface area contributed by atoms with E-state index in [0.717, 1.165) is 12.8 Å². The van der Waals surface area contributed by atoms with Gasteiger partial charge in [-0.3, -0.25) is 4.79 Å². The zero-order chi connectivity index (χ0) is 19.4. The number of ether oxygens (including phenoxy) is 1. The number of carbonyl (C=O) groups is 1. The molecule has 0 aliphatic carbocycles. The van der Waals surface area contributed by atoms with Crippen molar-refractivity contribution in [2.45, 2.75) is 25.7 Å². The van der Waals surface area contributed by atoms with Gasteiger partial charge in [0.1, 0.15) is 0 Å². The summed E-state index contributed by atoms with van der Waals surface area (Å²) in [6.45, 7) is 2.65. The molecule has 1 amide bonds. The van der Waals surface area contributed by atoms with Crippen LogP contribution in [0.1, 0.15) is 25.7 Å². The minimum atomic E-state index is -3.17. The van der Waals surface area contributed by atoms with Gasteiger partial charge >= 0.3 is 0 Å². The highest BCUT2D eigenvalue weighted by Gasteiger charge is 2.33. The number of carbonyl (C=O) groups excluding carboxylic acids is 1. The van der Waals surface area contributed by atoms with Crippen LogP contribution in [0, 0.1) is 17.7 Å². The molecule has 150 valence electrons. The molecule has 0 spiro atoms. The Morgan fingerprint density at radius 1 is 1.11 bits per heavy atom. The summed E-state index contributed by atoms with van der Waals surface area (Å²) >= 11 is 0. The van der Waals surface area contributed by atoms with E-state index in [0.29, 0.717) is 51.5 Å². The summed E-state index contributed by atoms with van der Waals surface area (Å²) in [6.07, 6.45) is 4.05. The topological polar surface area (TPSA) is 66.9 Å². The largest absolute Gasteiger partial charge is 0.490 e. The maximum absolute atomic E-state index is 13.6. The number of piperidine rings is 2. The summed E-state index contributed by atoms with van der Waals surface area (Å²) in [5, 5.41) is 0. The van der Waals surface area contributed by atoms with Crippen molar-refractivity contribution in [3.05, 3.63) is 30.1 Å². The van der Waals surface area contributed by atoms with Gasteiger partial charge in [0.05, 0.1) is 12.9 Å². The highest BCUT2D eigenvalue weighted by atomic mass is 32.2. The second kappa shape index (κ2) is 8.56. The smallest absolute Gasteiger partial charge is 0.225 e. The van der Waals surface area contributed by atoms with Crippen LogP contribution >= 0.6 is 0 Å². The number of likely N-dealkylation sites (tertiary alicyclic amines) is 1. The van der Waals surface area contributed by atoms with Gasteiger partial charge in [0, 0.05) is 32.1 Å². The van der Waals surface area contributed by atoms with E-state index in [1.54, 1.807) is 18.2 Å². The first-order chi connectivity index (χ1) is 12.8. The highest BCUT2D eigenvalue weighted by Crippen LogP contribution is 2.25. The number of hydrogen-bond donors (Lipinski definition) is 0.